The zero-order chi connectivity index (χ0) is 16.8. The Kier molecular flexibility index (Phi) is 6.55. The summed E-state index contributed by atoms with van der Waals surface area (Å²) in [5.74, 6) is -2.33. The first-order valence-electron chi connectivity index (χ1n) is 7.16. The highest BCUT2D eigenvalue weighted by Crippen LogP contribution is 2.17. The second-order valence-electron chi connectivity index (χ2n) is 4.93. The molecular weight excluding hydrogens is 306 g/mol. The van der Waals surface area contributed by atoms with Crippen LogP contribution >= 0.6 is 0 Å². The van der Waals surface area contributed by atoms with Gasteiger partial charge < -0.3 is 10.4 Å². The first kappa shape index (κ1) is 18.2. The van der Waals surface area contributed by atoms with Crippen LogP contribution in [0.5, 0.6) is 0 Å². The molecule has 122 valence electrons. The molecule has 0 aliphatic carbocycles. The molecule has 0 bridgehead atoms. The van der Waals surface area contributed by atoms with E-state index >= 15 is 0 Å². The number of amides is 1. The minimum atomic E-state index is -3.52. The summed E-state index contributed by atoms with van der Waals surface area (Å²) in [5.41, 5.74) is 0.0463. The van der Waals surface area contributed by atoms with Gasteiger partial charge in [-0.15, -0.1) is 0 Å². The molecule has 0 radical (unpaired) electrons. The summed E-state index contributed by atoms with van der Waals surface area (Å²) in [6.45, 7) is 3.34. The largest absolute Gasteiger partial charge is 0.481 e. The van der Waals surface area contributed by atoms with Gasteiger partial charge in [-0.1, -0.05) is 32.4 Å². The molecule has 0 aliphatic rings. The molecule has 0 heterocycles. The van der Waals surface area contributed by atoms with E-state index in [-0.39, 0.29) is 22.8 Å². The number of sulfone groups is 1. The average molecular weight is 327 g/mol. The van der Waals surface area contributed by atoms with Gasteiger partial charge in [0.15, 0.2) is 9.84 Å². The van der Waals surface area contributed by atoms with E-state index in [0.29, 0.717) is 12.8 Å². The normalized spacial score (nSPS) is 12.6. The lowest BCUT2D eigenvalue weighted by molar-refractivity contribution is -0.141. The van der Waals surface area contributed by atoms with Crippen molar-refractivity contribution >= 4 is 21.7 Å². The number of benzene rings is 1. The van der Waals surface area contributed by atoms with Crippen LogP contribution in [-0.4, -0.2) is 37.7 Å². The minimum Gasteiger partial charge on any atom is -0.481 e. The van der Waals surface area contributed by atoms with E-state index in [4.69, 9.17) is 5.11 Å². The molecule has 0 aliphatic heterocycles. The number of hydrogen-bond acceptors (Lipinski definition) is 4. The Labute approximate surface area is 130 Å². The fourth-order valence-corrected chi connectivity index (χ4v) is 3.15. The monoisotopic (exact) mass is 327 g/mol. The van der Waals surface area contributed by atoms with Gasteiger partial charge in [0.05, 0.1) is 22.1 Å². The van der Waals surface area contributed by atoms with Crippen molar-refractivity contribution in [2.24, 2.45) is 5.92 Å². The van der Waals surface area contributed by atoms with Crippen LogP contribution in [0, 0.1) is 5.92 Å². The van der Waals surface area contributed by atoms with Gasteiger partial charge in [-0.2, -0.15) is 0 Å². The lowest BCUT2D eigenvalue weighted by Gasteiger charge is -2.14. The van der Waals surface area contributed by atoms with Crippen LogP contribution in [0.4, 0.5) is 0 Å². The summed E-state index contributed by atoms with van der Waals surface area (Å²) in [7, 11) is -3.52. The van der Waals surface area contributed by atoms with Crippen molar-refractivity contribution in [3.63, 3.8) is 0 Å². The summed E-state index contributed by atoms with van der Waals surface area (Å²) in [4.78, 5) is 23.2. The molecule has 0 saturated heterocycles. The molecule has 0 aromatic heterocycles. The fraction of sp³-hybridized carbons (Fsp3) is 0.467. The molecule has 1 aromatic carbocycles. The molecule has 1 unspecified atom stereocenters. The maximum Gasteiger partial charge on any atom is 0.308 e. The van der Waals surface area contributed by atoms with E-state index in [1.54, 1.807) is 12.1 Å². The third kappa shape index (κ3) is 4.56. The summed E-state index contributed by atoms with van der Waals surface area (Å²) in [5, 5.41) is 11.6. The van der Waals surface area contributed by atoms with Gasteiger partial charge in [0.1, 0.15) is 0 Å². The number of aliphatic carboxylic acids is 1. The molecule has 1 amide bonds. The highest BCUT2D eigenvalue weighted by Gasteiger charge is 2.22. The van der Waals surface area contributed by atoms with E-state index in [2.05, 4.69) is 5.32 Å². The highest BCUT2D eigenvalue weighted by atomic mass is 32.2. The van der Waals surface area contributed by atoms with Crippen molar-refractivity contribution in [3.8, 4) is 0 Å². The summed E-state index contributed by atoms with van der Waals surface area (Å²) < 4.78 is 24.0. The number of carboxylic acids is 1. The van der Waals surface area contributed by atoms with Gasteiger partial charge in [0.2, 0.25) is 0 Å². The maximum absolute atomic E-state index is 12.2. The topological polar surface area (TPSA) is 101 Å². The third-order valence-electron chi connectivity index (χ3n) is 3.34. The second-order valence-corrected chi connectivity index (χ2v) is 7.18. The van der Waals surface area contributed by atoms with Crippen molar-refractivity contribution in [2.75, 3.05) is 12.3 Å². The Morgan fingerprint density at radius 3 is 2.41 bits per heavy atom. The van der Waals surface area contributed by atoms with Gasteiger partial charge in [0.25, 0.3) is 5.91 Å². The van der Waals surface area contributed by atoms with Crippen LogP contribution in [0.1, 0.15) is 37.0 Å². The SMILES string of the molecule is CCCC(CNC(=O)c1ccccc1S(=O)(=O)CC)C(=O)O. The average Bonchev–Trinajstić information content (AvgIpc) is 2.50. The zero-order valence-electron chi connectivity index (χ0n) is 12.7. The Hall–Kier alpha value is -1.89. The first-order valence-corrected chi connectivity index (χ1v) is 8.81. The molecule has 1 rings (SSSR count). The standard InChI is InChI=1S/C15H21NO5S/c1-3-7-11(15(18)19)10-16-14(17)12-8-5-6-9-13(12)22(20,21)4-2/h5-6,8-9,11H,3-4,7,10H2,1-2H3,(H,16,17)(H,18,19). The number of nitrogens with one attached hydrogen (secondary N) is 1. The minimum absolute atomic E-state index is 0.0253. The third-order valence-corrected chi connectivity index (χ3v) is 5.13. The van der Waals surface area contributed by atoms with Gasteiger partial charge in [-0.3, -0.25) is 9.59 Å². The van der Waals surface area contributed by atoms with E-state index < -0.39 is 27.6 Å². The van der Waals surface area contributed by atoms with E-state index in [9.17, 15) is 18.0 Å². The summed E-state index contributed by atoms with van der Waals surface area (Å²) in [6, 6.07) is 5.93. The highest BCUT2D eigenvalue weighted by molar-refractivity contribution is 7.91. The quantitative estimate of drug-likeness (QED) is 0.757. The molecule has 7 heteroatoms. The van der Waals surface area contributed by atoms with Crippen LogP contribution in [0.2, 0.25) is 0 Å². The van der Waals surface area contributed by atoms with Gasteiger partial charge in [0, 0.05) is 6.54 Å². The Morgan fingerprint density at radius 1 is 1.23 bits per heavy atom. The molecule has 1 aromatic rings. The maximum atomic E-state index is 12.2. The predicted molar refractivity (Wildman–Crippen MR) is 82.5 cm³/mol. The number of rotatable bonds is 8. The van der Waals surface area contributed by atoms with E-state index in [1.807, 2.05) is 6.92 Å². The smallest absolute Gasteiger partial charge is 0.308 e. The van der Waals surface area contributed by atoms with Crippen molar-refractivity contribution in [1.82, 2.24) is 5.32 Å². The van der Waals surface area contributed by atoms with Gasteiger partial charge in [-0.05, 0) is 18.6 Å². The Morgan fingerprint density at radius 2 is 1.86 bits per heavy atom. The zero-order valence-corrected chi connectivity index (χ0v) is 13.5. The summed E-state index contributed by atoms with van der Waals surface area (Å²) in [6.07, 6.45) is 1.14. The molecule has 0 fully saturated rings. The van der Waals surface area contributed by atoms with Gasteiger partial charge >= 0.3 is 5.97 Å². The Balaban J connectivity index is 2.93. The van der Waals surface area contributed by atoms with E-state index in [0.717, 1.165) is 0 Å². The molecule has 2 N–H and O–H groups in total. The van der Waals surface area contributed by atoms with Crippen molar-refractivity contribution in [2.45, 2.75) is 31.6 Å². The van der Waals surface area contributed by atoms with Gasteiger partial charge in [-0.25, -0.2) is 8.42 Å². The molecule has 1 atom stereocenters. The molecule has 6 nitrogen and oxygen atoms in total. The number of carbonyl (C=O) groups excluding carboxylic acids is 1. The van der Waals surface area contributed by atoms with Crippen LogP contribution in [0.3, 0.4) is 0 Å². The van der Waals surface area contributed by atoms with Crippen molar-refractivity contribution in [3.05, 3.63) is 29.8 Å². The van der Waals surface area contributed by atoms with Crippen LogP contribution in [-0.2, 0) is 14.6 Å². The first-order chi connectivity index (χ1) is 10.3. The number of carboxylic acid groups (broad SMARTS) is 1. The second kappa shape index (κ2) is 7.93. The molecule has 0 spiro atoms. The molecule has 0 saturated carbocycles. The van der Waals surface area contributed by atoms with Crippen molar-refractivity contribution < 1.29 is 23.1 Å². The van der Waals surface area contributed by atoms with E-state index in [1.165, 1.54) is 19.1 Å². The number of carbonyl (C=O) groups is 2. The van der Waals surface area contributed by atoms with Crippen molar-refractivity contribution in [1.29, 1.82) is 0 Å². The van der Waals surface area contributed by atoms with Crippen LogP contribution < -0.4 is 5.32 Å². The fourth-order valence-electron chi connectivity index (χ4n) is 2.05. The number of hydrogen-bond donors (Lipinski definition) is 2. The summed E-state index contributed by atoms with van der Waals surface area (Å²) >= 11 is 0. The predicted octanol–water partition coefficient (Wildman–Crippen LogP) is 1.71. The van der Waals surface area contributed by atoms with Crippen LogP contribution in [0.25, 0.3) is 0 Å². The molecular formula is C15H21NO5S. The molecule has 22 heavy (non-hydrogen) atoms. The lowest BCUT2D eigenvalue weighted by Crippen LogP contribution is -2.33. The lowest BCUT2D eigenvalue weighted by atomic mass is 10.0. The van der Waals surface area contributed by atoms with Crippen LogP contribution in [0.15, 0.2) is 29.2 Å². The Bertz CT molecular complexity index is 639.